The third-order valence-corrected chi connectivity index (χ3v) is 18.1. The van der Waals surface area contributed by atoms with E-state index in [0.29, 0.717) is 118 Å². The molecule has 0 saturated carbocycles. The second-order valence-electron chi connectivity index (χ2n) is 24.9. The molecule has 0 aliphatic carbocycles. The number of carbonyl (C=O) groups excluding carboxylic acids is 3. The van der Waals surface area contributed by atoms with Crippen LogP contribution in [-0.2, 0) is 55.8 Å². The number of aromatic nitrogens is 3. The van der Waals surface area contributed by atoms with Gasteiger partial charge in [-0.05, 0) is 80.5 Å². The maximum atomic E-state index is 13.7. The normalized spacial score (nSPS) is 18.8. The van der Waals surface area contributed by atoms with Gasteiger partial charge in [-0.3, -0.25) is 24.2 Å². The molecule has 23 heteroatoms. The van der Waals surface area contributed by atoms with E-state index >= 15 is 0 Å². The summed E-state index contributed by atoms with van der Waals surface area (Å²) in [6.45, 7) is 26.8. The molecule has 0 bridgehead atoms. The Kier molecular flexibility index (Phi) is 25.1. The molecule has 4 N–H and O–H groups in total. The predicted molar refractivity (Wildman–Crippen MR) is 347 cm³/mol. The lowest BCUT2D eigenvalue weighted by Crippen LogP contribution is -2.54. The summed E-state index contributed by atoms with van der Waals surface area (Å²) in [6, 6.07) is 19.2. The van der Waals surface area contributed by atoms with Crippen LogP contribution in [-0.4, -0.2) is 226 Å². The number of ether oxygens (including phenoxy) is 7. The first kappa shape index (κ1) is 68.0. The molecule has 90 heavy (non-hydrogen) atoms. The number of nitrogens with one attached hydrogen (secondary N) is 2. The van der Waals surface area contributed by atoms with Crippen LogP contribution in [0.4, 0.5) is 11.5 Å². The van der Waals surface area contributed by atoms with Crippen molar-refractivity contribution < 1.29 is 57.8 Å². The van der Waals surface area contributed by atoms with Crippen LogP contribution in [0, 0.1) is 12.3 Å². The largest absolute Gasteiger partial charge is 0.508 e. The number of aliphatic hydroxyl groups excluding tert-OH is 1. The fourth-order valence-electron chi connectivity index (χ4n) is 12.1. The van der Waals surface area contributed by atoms with E-state index in [9.17, 15) is 24.6 Å². The zero-order valence-corrected chi connectivity index (χ0v) is 54.3. The van der Waals surface area contributed by atoms with Gasteiger partial charge in [0.1, 0.15) is 24.3 Å². The van der Waals surface area contributed by atoms with Crippen LogP contribution in [0.5, 0.6) is 11.8 Å². The summed E-state index contributed by atoms with van der Waals surface area (Å²) < 4.78 is 41.1. The number of thiazole rings is 1. The maximum Gasteiger partial charge on any atom is 0.318 e. The molecular weight excluding hydrogens is 1170 g/mol. The SMILES string of the molecule is C=CC(=O)N1CCN(c2nc(O[C@H](C)CN3CCC(OCCOCCOCCOCCOCCOCC(=O)N[C@H](CN4C[C@H](O)C[C@H]4C(=O)N[C@@H](C)c4ccc(-c5scnc5C)cc4)C(C)(C)C)CC3)nc3c2CCN(c2cc(O)cc4ccccc24)C3)CC1. The molecule has 0 spiro atoms. The van der Waals surface area contributed by atoms with Gasteiger partial charge >= 0.3 is 6.01 Å². The van der Waals surface area contributed by atoms with Crippen molar-refractivity contribution in [3.8, 4) is 22.2 Å². The summed E-state index contributed by atoms with van der Waals surface area (Å²) in [5.41, 5.74) is 7.54. The number of aryl methyl sites for hydroxylation is 1. The number of piperidine rings is 1. The standard InChI is InChI=1S/C67H94N10O12S/c1-8-62(81)74-23-25-75(26-24-74)64-56-19-22-76(58-38-52(78)37-51-11-9-10-12-55(51)58)42-57(56)70-66(72-64)89-46(2)40-73-20-17-54(18-21-73)88-36-35-86-32-31-84-28-27-83-29-30-85-33-34-87-44-61(80)71-60(67(5,6)7)43-77-41-53(79)39-59(77)65(82)69-47(3)49-13-15-50(16-14-49)63-48(4)68-45-90-63/h8-16,37-38,45-47,53-54,59-60,78-79H,1,17-36,39-44H2,2-7H3,(H,69,82)(H,71,80)/t46-,47+,53-,59+,60-/m1/s1. The maximum absolute atomic E-state index is 13.7. The fraction of sp³-hybridized carbons (Fsp3) is 0.582. The van der Waals surface area contributed by atoms with Gasteiger partial charge in [-0.15, -0.1) is 11.3 Å². The molecule has 9 rings (SSSR count). The van der Waals surface area contributed by atoms with Crippen LogP contribution in [0.15, 0.2) is 78.8 Å². The monoisotopic (exact) mass is 1260 g/mol. The van der Waals surface area contributed by atoms with Crippen molar-refractivity contribution in [1.82, 2.24) is 40.3 Å². The number of fused-ring (bicyclic) bond motifs is 2. The summed E-state index contributed by atoms with van der Waals surface area (Å²) in [7, 11) is 0. The highest BCUT2D eigenvalue weighted by molar-refractivity contribution is 7.13. The third kappa shape index (κ3) is 19.3. The zero-order valence-electron chi connectivity index (χ0n) is 53.4. The molecule has 22 nitrogen and oxygen atoms in total. The van der Waals surface area contributed by atoms with Crippen LogP contribution in [0.3, 0.4) is 0 Å². The molecule has 0 unspecified atom stereocenters. The number of phenolic OH excluding ortho intramolecular Hbond substituents is 1. The van der Waals surface area contributed by atoms with Gasteiger partial charge in [0.15, 0.2) is 0 Å². The summed E-state index contributed by atoms with van der Waals surface area (Å²) in [5, 5.41) is 29.7. The number of anilines is 2. The molecule has 4 aliphatic rings. The number of aromatic hydroxyl groups is 1. The first-order valence-corrected chi connectivity index (χ1v) is 32.8. The van der Waals surface area contributed by atoms with Crippen LogP contribution >= 0.6 is 11.3 Å². The van der Waals surface area contributed by atoms with Gasteiger partial charge < -0.3 is 68.7 Å². The first-order chi connectivity index (χ1) is 43.5. The summed E-state index contributed by atoms with van der Waals surface area (Å²) in [4.78, 5) is 65.5. The molecule has 490 valence electrons. The highest BCUT2D eigenvalue weighted by Crippen LogP contribution is 2.37. The number of carbonyl (C=O) groups is 3. The van der Waals surface area contributed by atoms with Crippen molar-refractivity contribution in [1.29, 1.82) is 0 Å². The molecule has 3 saturated heterocycles. The minimum atomic E-state index is -0.649. The van der Waals surface area contributed by atoms with Crippen molar-refractivity contribution in [3.63, 3.8) is 0 Å². The van der Waals surface area contributed by atoms with Crippen LogP contribution in [0.1, 0.15) is 82.4 Å². The summed E-state index contributed by atoms with van der Waals surface area (Å²) in [6.07, 6.45) is 3.59. The number of amides is 3. The number of hydrogen-bond acceptors (Lipinski definition) is 20. The average Bonchev–Trinajstić information content (AvgIpc) is 1.01. The Labute approximate surface area is 534 Å². The number of aliphatic hydroxyl groups is 1. The van der Waals surface area contributed by atoms with Gasteiger partial charge in [0.25, 0.3) is 0 Å². The molecule has 2 aromatic heterocycles. The lowest BCUT2D eigenvalue weighted by atomic mass is 9.86. The number of benzene rings is 3. The van der Waals surface area contributed by atoms with E-state index in [1.165, 1.54) is 6.08 Å². The Morgan fingerprint density at radius 2 is 1.47 bits per heavy atom. The molecule has 6 heterocycles. The lowest BCUT2D eigenvalue weighted by molar-refractivity contribution is -0.128. The number of piperazine rings is 1. The zero-order chi connectivity index (χ0) is 63.6. The predicted octanol–water partition coefficient (Wildman–Crippen LogP) is 6.34. The number of rotatable bonds is 32. The number of likely N-dealkylation sites (tertiary alicyclic amines) is 2. The van der Waals surface area contributed by atoms with Gasteiger partial charge in [0, 0.05) is 94.2 Å². The number of nitrogens with zero attached hydrogens (tertiary/aromatic N) is 8. The molecule has 0 radical (unpaired) electrons. The Morgan fingerprint density at radius 3 is 2.12 bits per heavy atom. The van der Waals surface area contributed by atoms with Crippen LogP contribution < -0.4 is 25.2 Å². The van der Waals surface area contributed by atoms with Crippen molar-refractivity contribution >= 4 is 51.3 Å². The Morgan fingerprint density at radius 1 is 0.800 bits per heavy atom. The van der Waals surface area contributed by atoms with E-state index in [4.69, 9.17) is 43.1 Å². The van der Waals surface area contributed by atoms with Gasteiger partial charge in [-0.1, -0.05) is 75.9 Å². The minimum absolute atomic E-state index is 0.0609. The van der Waals surface area contributed by atoms with E-state index in [2.05, 4.69) is 62.0 Å². The topological polar surface area (TPSA) is 235 Å². The van der Waals surface area contributed by atoms with Crippen molar-refractivity contribution in [2.45, 2.75) is 110 Å². The molecular formula is C67H94N10O12S. The van der Waals surface area contributed by atoms with E-state index in [1.54, 1.807) is 17.4 Å². The quantitative estimate of drug-likeness (QED) is 0.0272. The summed E-state index contributed by atoms with van der Waals surface area (Å²) >= 11 is 1.60. The van der Waals surface area contributed by atoms with Gasteiger partial charge in [0.2, 0.25) is 17.7 Å². The number of phenols is 1. The third-order valence-electron chi connectivity index (χ3n) is 17.2. The van der Waals surface area contributed by atoms with Gasteiger partial charge in [-0.2, -0.15) is 9.97 Å². The fourth-order valence-corrected chi connectivity index (χ4v) is 12.9. The smallest absolute Gasteiger partial charge is 0.318 e. The first-order valence-electron chi connectivity index (χ1n) is 31.9. The molecule has 5 aromatic rings. The van der Waals surface area contributed by atoms with E-state index in [0.717, 1.165) is 101 Å². The van der Waals surface area contributed by atoms with Crippen LogP contribution in [0.2, 0.25) is 0 Å². The summed E-state index contributed by atoms with van der Waals surface area (Å²) in [5.74, 6) is 0.619. The van der Waals surface area contributed by atoms with E-state index in [-0.39, 0.29) is 66.4 Å². The molecule has 3 aromatic carbocycles. The highest BCUT2D eigenvalue weighted by atomic mass is 32.1. The molecule has 4 aliphatic heterocycles. The minimum Gasteiger partial charge on any atom is -0.508 e. The molecule has 5 atom stereocenters. The molecule has 3 amide bonds. The van der Waals surface area contributed by atoms with Crippen molar-refractivity contribution in [2.75, 3.05) is 148 Å². The van der Waals surface area contributed by atoms with Crippen molar-refractivity contribution in [2.24, 2.45) is 5.41 Å². The highest BCUT2D eigenvalue weighted by Gasteiger charge is 2.40. The Bertz CT molecular complexity index is 3110. The van der Waals surface area contributed by atoms with E-state index in [1.807, 2.05) is 86.3 Å². The molecule has 3 fully saturated rings. The number of β-amino-alcohol motifs (C(OH)–C–C–N with tert-alkyl or cyclic N) is 1. The number of hydrogen-bond donors (Lipinski definition) is 4. The Hall–Kier alpha value is -6.38. The second kappa shape index (κ2) is 33.3. The van der Waals surface area contributed by atoms with Gasteiger partial charge in [-0.25, -0.2) is 4.98 Å². The van der Waals surface area contributed by atoms with E-state index < -0.39 is 12.1 Å². The second-order valence-corrected chi connectivity index (χ2v) is 25.7. The Balaban J connectivity index is 0.587. The van der Waals surface area contributed by atoms with Gasteiger partial charge in [0.05, 0.1) is 119 Å². The van der Waals surface area contributed by atoms with Crippen LogP contribution in [0.25, 0.3) is 21.2 Å². The van der Waals surface area contributed by atoms with Crippen molar-refractivity contribution in [3.05, 3.63) is 101 Å². The average molecular weight is 1260 g/mol. The lowest BCUT2D eigenvalue weighted by Gasteiger charge is -2.38.